The molecule has 1 spiro atoms. The highest BCUT2D eigenvalue weighted by atomic mass is 16.4. The standard InChI is InChI=1S/C18H26N4O4/c1-4-7-22-12(2)13(11-19-22)16(24)21-8-5-18(6-9-21)14(17(25)26)10-15(23)20(18)3/h11,14H,4-10H2,1-3H3,(H,25,26)/t14-/m0/s1. The predicted molar refractivity (Wildman–Crippen MR) is 93.6 cm³/mol. The number of hydrogen-bond acceptors (Lipinski definition) is 4. The Morgan fingerprint density at radius 1 is 1.35 bits per heavy atom. The highest BCUT2D eigenvalue weighted by Gasteiger charge is 2.55. The third kappa shape index (κ3) is 2.77. The Hall–Kier alpha value is -2.38. The number of piperidine rings is 1. The highest BCUT2D eigenvalue weighted by molar-refractivity contribution is 5.95. The molecule has 1 atom stereocenters. The summed E-state index contributed by atoms with van der Waals surface area (Å²) < 4.78 is 1.84. The Morgan fingerprint density at radius 3 is 2.58 bits per heavy atom. The zero-order valence-corrected chi connectivity index (χ0v) is 15.6. The van der Waals surface area contributed by atoms with Crippen molar-refractivity contribution in [3.8, 4) is 0 Å². The number of rotatable bonds is 4. The number of carbonyl (C=O) groups is 3. The fourth-order valence-corrected chi connectivity index (χ4v) is 4.35. The average Bonchev–Trinajstić information content (AvgIpc) is 3.09. The molecule has 3 heterocycles. The molecule has 1 aromatic rings. The molecule has 0 bridgehead atoms. The van der Waals surface area contributed by atoms with Gasteiger partial charge in [0.05, 0.1) is 23.2 Å². The first kappa shape index (κ1) is 18.4. The molecule has 8 heteroatoms. The van der Waals surface area contributed by atoms with Crippen LogP contribution in [0.3, 0.4) is 0 Å². The maximum Gasteiger partial charge on any atom is 0.309 e. The van der Waals surface area contributed by atoms with Crippen LogP contribution >= 0.6 is 0 Å². The predicted octanol–water partition coefficient (Wildman–Crippen LogP) is 1.14. The Labute approximate surface area is 152 Å². The van der Waals surface area contributed by atoms with E-state index in [1.807, 2.05) is 11.6 Å². The summed E-state index contributed by atoms with van der Waals surface area (Å²) >= 11 is 0. The van der Waals surface area contributed by atoms with Gasteiger partial charge in [-0.3, -0.25) is 19.1 Å². The van der Waals surface area contributed by atoms with Gasteiger partial charge in [-0.1, -0.05) is 6.92 Å². The molecule has 2 saturated heterocycles. The third-order valence-corrected chi connectivity index (χ3v) is 6.05. The first-order chi connectivity index (χ1) is 12.3. The minimum atomic E-state index is -0.931. The first-order valence-corrected chi connectivity index (χ1v) is 9.13. The van der Waals surface area contributed by atoms with Crippen LogP contribution in [0.1, 0.15) is 48.7 Å². The van der Waals surface area contributed by atoms with Gasteiger partial charge in [0.15, 0.2) is 0 Å². The van der Waals surface area contributed by atoms with Crippen molar-refractivity contribution < 1.29 is 19.5 Å². The average molecular weight is 362 g/mol. The van der Waals surface area contributed by atoms with Crippen LogP contribution in [0, 0.1) is 12.8 Å². The van der Waals surface area contributed by atoms with Gasteiger partial charge in [-0.2, -0.15) is 5.10 Å². The van der Waals surface area contributed by atoms with Crippen LogP contribution in [0.2, 0.25) is 0 Å². The monoisotopic (exact) mass is 362 g/mol. The van der Waals surface area contributed by atoms with Gasteiger partial charge in [-0.25, -0.2) is 0 Å². The van der Waals surface area contributed by atoms with E-state index in [0.29, 0.717) is 31.5 Å². The number of carboxylic acids is 1. The molecule has 3 rings (SSSR count). The largest absolute Gasteiger partial charge is 0.481 e. The maximum atomic E-state index is 12.9. The summed E-state index contributed by atoms with van der Waals surface area (Å²) in [5.41, 5.74) is 0.773. The summed E-state index contributed by atoms with van der Waals surface area (Å²) in [6, 6.07) is 0. The zero-order chi connectivity index (χ0) is 19.1. The molecule has 0 unspecified atom stereocenters. The lowest BCUT2D eigenvalue weighted by molar-refractivity contribution is -0.145. The van der Waals surface area contributed by atoms with Crippen LogP contribution in [0.5, 0.6) is 0 Å². The number of aromatic nitrogens is 2. The number of aryl methyl sites for hydroxylation is 1. The Bertz CT molecular complexity index is 734. The summed E-state index contributed by atoms with van der Waals surface area (Å²) in [5.74, 6) is -1.84. The number of carbonyl (C=O) groups excluding carboxylic acids is 2. The summed E-state index contributed by atoms with van der Waals surface area (Å²) in [4.78, 5) is 39.9. The fourth-order valence-electron chi connectivity index (χ4n) is 4.35. The number of hydrogen-bond donors (Lipinski definition) is 1. The number of likely N-dealkylation sites (tertiary alicyclic amines) is 2. The molecule has 142 valence electrons. The topological polar surface area (TPSA) is 95.7 Å². The minimum absolute atomic E-state index is 0.0443. The normalized spacial score (nSPS) is 22.3. The number of nitrogens with zero attached hydrogens (tertiary/aromatic N) is 4. The van der Waals surface area contributed by atoms with Crippen molar-refractivity contribution in [1.29, 1.82) is 0 Å². The highest BCUT2D eigenvalue weighted by Crippen LogP contribution is 2.43. The van der Waals surface area contributed by atoms with Gasteiger partial charge in [0, 0.05) is 38.8 Å². The smallest absolute Gasteiger partial charge is 0.309 e. The van der Waals surface area contributed by atoms with Crippen molar-refractivity contribution in [2.75, 3.05) is 20.1 Å². The SMILES string of the molecule is CCCn1ncc(C(=O)N2CCC3(CC2)[C@H](C(=O)O)CC(=O)N3C)c1C. The molecule has 2 aliphatic rings. The molecular weight excluding hydrogens is 336 g/mol. The van der Waals surface area contributed by atoms with Crippen molar-refractivity contribution in [2.45, 2.75) is 51.6 Å². The summed E-state index contributed by atoms with van der Waals surface area (Å²) in [5, 5.41) is 13.8. The first-order valence-electron chi connectivity index (χ1n) is 9.13. The van der Waals surface area contributed by atoms with Gasteiger partial charge in [0.1, 0.15) is 0 Å². The van der Waals surface area contributed by atoms with Gasteiger partial charge in [-0.05, 0) is 26.2 Å². The lowest BCUT2D eigenvalue weighted by Crippen LogP contribution is -2.57. The lowest BCUT2D eigenvalue weighted by Gasteiger charge is -2.45. The van der Waals surface area contributed by atoms with E-state index in [-0.39, 0.29) is 18.2 Å². The molecule has 1 N–H and O–H groups in total. The Balaban J connectivity index is 1.75. The quantitative estimate of drug-likeness (QED) is 0.866. The van der Waals surface area contributed by atoms with Crippen LogP contribution in [0.15, 0.2) is 6.20 Å². The van der Waals surface area contributed by atoms with Crippen LogP contribution in [0.25, 0.3) is 0 Å². The molecule has 2 fully saturated rings. The minimum Gasteiger partial charge on any atom is -0.481 e. The lowest BCUT2D eigenvalue weighted by atomic mass is 9.77. The van der Waals surface area contributed by atoms with Crippen LogP contribution in [-0.2, 0) is 16.1 Å². The summed E-state index contributed by atoms with van der Waals surface area (Å²) in [7, 11) is 1.68. The molecular formula is C18H26N4O4. The molecule has 1 aromatic heterocycles. The van der Waals surface area contributed by atoms with Gasteiger partial charge in [-0.15, -0.1) is 0 Å². The van der Waals surface area contributed by atoms with Crippen molar-refractivity contribution >= 4 is 17.8 Å². The van der Waals surface area contributed by atoms with Gasteiger partial charge in [0.25, 0.3) is 5.91 Å². The van der Waals surface area contributed by atoms with Crippen molar-refractivity contribution in [3.05, 3.63) is 17.5 Å². The van der Waals surface area contributed by atoms with E-state index >= 15 is 0 Å². The van der Waals surface area contributed by atoms with E-state index in [4.69, 9.17) is 0 Å². The second kappa shape index (κ2) is 6.74. The molecule has 26 heavy (non-hydrogen) atoms. The van der Waals surface area contributed by atoms with E-state index in [2.05, 4.69) is 12.0 Å². The fraction of sp³-hybridized carbons (Fsp3) is 0.667. The van der Waals surface area contributed by atoms with E-state index in [1.165, 1.54) is 0 Å². The maximum absolute atomic E-state index is 12.9. The molecule has 2 aliphatic heterocycles. The van der Waals surface area contributed by atoms with Crippen LogP contribution < -0.4 is 0 Å². The van der Waals surface area contributed by atoms with Gasteiger partial charge in [0.2, 0.25) is 5.91 Å². The van der Waals surface area contributed by atoms with E-state index in [0.717, 1.165) is 18.7 Å². The molecule has 0 saturated carbocycles. The molecule has 0 aliphatic carbocycles. The summed E-state index contributed by atoms with van der Waals surface area (Å²) in [6.07, 6.45) is 3.57. The van der Waals surface area contributed by atoms with Crippen molar-refractivity contribution in [3.63, 3.8) is 0 Å². The zero-order valence-electron chi connectivity index (χ0n) is 15.6. The second-order valence-corrected chi connectivity index (χ2v) is 7.31. The number of carboxylic acid groups (broad SMARTS) is 1. The van der Waals surface area contributed by atoms with Crippen LogP contribution in [-0.4, -0.2) is 68.1 Å². The van der Waals surface area contributed by atoms with E-state index in [9.17, 15) is 19.5 Å². The van der Waals surface area contributed by atoms with Crippen LogP contribution in [0.4, 0.5) is 0 Å². The number of amides is 2. The molecule has 0 aromatic carbocycles. The molecule has 0 radical (unpaired) electrons. The van der Waals surface area contributed by atoms with E-state index < -0.39 is 17.4 Å². The summed E-state index contributed by atoms with van der Waals surface area (Å²) in [6.45, 7) is 5.61. The van der Waals surface area contributed by atoms with Crippen molar-refractivity contribution in [2.24, 2.45) is 5.92 Å². The van der Waals surface area contributed by atoms with Crippen molar-refractivity contribution in [1.82, 2.24) is 19.6 Å². The molecule has 8 nitrogen and oxygen atoms in total. The number of aliphatic carboxylic acids is 1. The third-order valence-electron chi connectivity index (χ3n) is 6.05. The Kier molecular flexibility index (Phi) is 4.77. The van der Waals surface area contributed by atoms with Gasteiger partial charge < -0.3 is 14.9 Å². The Morgan fingerprint density at radius 2 is 2.00 bits per heavy atom. The van der Waals surface area contributed by atoms with Gasteiger partial charge >= 0.3 is 5.97 Å². The van der Waals surface area contributed by atoms with E-state index in [1.54, 1.807) is 23.0 Å². The molecule has 2 amide bonds. The second-order valence-electron chi connectivity index (χ2n) is 7.31.